The van der Waals surface area contributed by atoms with Crippen molar-refractivity contribution >= 4 is 38.7 Å². The third-order valence-electron chi connectivity index (χ3n) is 6.51. The molecule has 0 spiro atoms. The first-order chi connectivity index (χ1) is 14.2. The molecule has 0 unspecified atom stereocenters. The number of carbonyl (C=O) groups excluding carboxylic acids is 1. The Kier molecular flexibility index (Phi) is 3.48. The number of hydrogen-bond acceptors (Lipinski definition) is 2. The lowest BCUT2D eigenvalue weighted by molar-refractivity contribution is -0.116. The number of nitrogens with zero attached hydrogens (tertiary/aromatic N) is 1. The summed E-state index contributed by atoms with van der Waals surface area (Å²) in [5.74, 6) is 0.287. The molecule has 3 nitrogen and oxygen atoms in total. The number of para-hydroxylation sites is 1. The van der Waals surface area contributed by atoms with Crippen LogP contribution < -0.4 is 5.32 Å². The summed E-state index contributed by atoms with van der Waals surface area (Å²) in [7, 11) is 2.08. The van der Waals surface area contributed by atoms with E-state index in [1.54, 1.807) is 0 Å². The van der Waals surface area contributed by atoms with E-state index in [0.29, 0.717) is 6.42 Å². The standard InChI is InChI=1S/C26H22N2O/c1-28-15-20(18-9-4-5-11-22(18)28)26-25-19(10-6-12-23(25)29)24-17-8-3-2-7-16(17)13-14-21(24)27-26/h2-5,7-9,11,13-15,26-27H,6,10,12H2,1H3/t26-/m1/s1. The molecule has 6 rings (SSSR count). The Bertz CT molecular complexity index is 1340. The summed E-state index contributed by atoms with van der Waals surface area (Å²) in [6, 6.07) is 21.2. The summed E-state index contributed by atoms with van der Waals surface area (Å²) in [6.07, 6.45) is 4.72. The van der Waals surface area contributed by atoms with E-state index in [1.807, 2.05) is 0 Å². The molecule has 0 amide bonds. The second kappa shape index (κ2) is 6.08. The largest absolute Gasteiger partial charge is 0.373 e. The lowest BCUT2D eigenvalue weighted by Crippen LogP contribution is -2.27. The smallest absolute Gasteiger partial charge is 0.161 e. The van der Waals surface area contributed by atoms with Crippen LogP contribution in [-0.2, 0) is 11.8 Å². The van der Waals surface area contributed by atoms with Crippen LogP contribution in [0.25, 0.3) is 27.2 Å². The van der Waals surface area contributed by atoms with Gasteiger partial charge in [-0.25, -0.2) is 0 Å². The van der Waals surface area contributed by atoms with E-state index in [4.69, 9.17) is 0 Å². The number of ketones is 1. The monoisotopic (exact) mass is 378 g/mol. The highest BCUT2D eigenvalue weighted by atomic mass is 16.1. The van der Waals surface area contributed by atoms with Crippen molar-refractivity contribution in [2.45, 2.75) is 25.3 Å². The van der Waals surface area contributed by atoms with Crippen molar-refractivity contribution < 1.29 is 4.79 Å². The molecule has 0 fully saturated rings. The number of nitrogens with one attached hydrogen (secondary N) is 1. The normalized spacial score (nSPS) is 18.7. The summed E-state index contributed by atoms with van der Waals surface area (Å²) in [5.41, 5.74) is 6.95. The maximum Gasteiger partial charge on any atom is 0.161 e. The van der Waals surface area contributed by atoms with Gasteiger partial charge in [0.25, 0.3) is 0 Å². The van der Waals surface area contributed by atoms with Crippen molar-refractivity contribution in [3.05, 3.63) is 83.6 Å². The predicted octanol–water partition coefficient (Wildman–Crippen LogP) is 6.00. The SMILES string of the molecule is Cn1cc([C@H]2Nc3ccc4ccccc4c3C3=C2C(=O)CCC3)c2ccccc21. The fourth-order valence-corrected chi connectivity index (χ4v) is 5.24. The van der Waals surface area contributed by atoms with Crippen molar-refractivity contribution in [1.29, 1.82) is 0 Å². The number of fused-ring (bicyclic) bond motifs is 5. The van der Waals surface area contributed by atoms with Crippen molar-refractivity contribution in [2.24, 2.45) is 7.05 Å². The molecule has 1 aliphatic carbocycles. The topological polar surface area (TPSA) is 34.0 Å². The molecule has 3 heteroatoms. The fourth-order valence-electron chi connectivity index (χ4n) is 5.24. The van der Waals surface area contributed by atoms with Gasteiger partial charge in [0.05, 0.1) is 6.04 Å². The number of hydrogen-bond donors (Lipinski definition) is 1. The second-order valence-corrected chi connectivity index (χ2v) is 8.17. The minimum absolute atomic E-state index is 0.0995. The quantitative estimate of drug-likeness (QED) is 0.440. The molecule has 1 aromatic heterocycles. The Labute approximate surface area is 169 Å². The zero-order chi connectivity index (χ0) is 19.5. The van der Waals surface area contributed by atoms with Crippen molar-refractivity contribution in [3.8, 4) is 0 Å². The van der Waals surface area contributed by atoms with Crippen molar-refractivity contribution in [3.63, 3.8) is 0 Å². The first-order valence-electron chi connectivity index (χ1n) is 10.3. The molecule has 2 heterocycles. The maximum absolute atomic E-state index is 13.2. The van der Waals surface area contributed by atoms with Gasteiger partial charge in [0.2, 0.25) is 0 Å². The van der Waals surface area contributed by atoms with E-state index in [1.165, 1.54) is 38.4 Å². The molecule has 0 saturated heterocycles. The van der Waals surface area contributed by atoms with Crippen molar-refractivity contribution in [1.82, 2.24) is 4.57 Å². The van der Waals surface area contributed by atoms with E-state index in [9.17, 15) is 4.79 Å². The Morgan fingerprint density at radius 1 is 0.931 bits per heavy atom. The number of carbonyl (C=O) groups is 1. The van der Waals surface area contributed by atoms with E-state index in [-0.39, 0.29) is 11.8 Å². The number of allylic oxidation sites excluding steroid dienone is 1. The third-order valence-corrected chi connectivity index (χ3v) is 6.51. The van der Waals surface area contributed by atoms with Gasteiger partial charge in [-0.15, -0.1) is 0 Å². The molecule has 1 aliphatic heterocycles. The second-order valence-electron chi connectivity index (χ2n) is 8.17. The van der Waals surface area contributed by atoms with Crippen molar-refractivity contribution in [2.75, 3.05) is 5.32 Å². The summed E-state index contributed by atoms with van der Waals surface area (Å²) in [6.45, 7) is 0. The van der Waals surface area contributed by atoms with Crippen LogP contribution in [0.1, 0.15) is 36.4 Å². The molecular weight excluding hydrogens is 356 g/mol. The van der Waals surface area contributed by atoms with Gasteiger partial charge in [-0.2, -0.15) is 0 Å². The fraction of sp³-hybridized carbons (Fsp3) is 0.192. The number of aryl methyl sites for hydroxylation is 1. The molecule has 0 bridgehead atoms. The first kappa shape index (κ1) is 16.6. The minimum atomic E-state index is -0.0995. The predicted molar refractivity (Wildman–Crippen MR) is 119 cm³/mol. The molecule has 0 saturated carbocycles. The highest BCUT2D eigenvalue weighted by molar-refractivity contribution is 6.13. The maximum atomic E-state index is 13.2. The van der Waals surface area contributed by atoms with E-state index in [0.717, 1.165) is 24.1 Å². The van der Waals surface area contributed by atoms with Crippen LogP contribution in [0.15, 0.2) is 72.4 Å². The number of benzene rings is 3. The van der Waals surface area contributed by atoms with Crippen LogP contribution in [0.2, 0.25) is 0 Å². The van der Waals surface area contributed by atoms with Gasteiger partial charge in [0, 0.05) is 53.0 Å². The van der Waals surface area contributed by atoms with Gasteiger partial charge in [-0.05, 0) is 41.3 Å². The van der Waals surface area contributed by atoms with Crippen LogP contribution in [0.3, 0.4) is 0 Å². The number of rotatable bonds is 1. The van der Waals surface area contributed by atoms with Gasteiger partial charge < -0.3 is 9.88 Å². The third kappa shape index (κ3) is 2.34. The summed E-state index contributed by atoms with van der Waals surface area (Å²) >= 11 is 0. The highest BCUT2D eigenvalue weighted by Gasteiger charge is 2.36. The first-order valence-corrected chi connectivity index (χ1v) is 10.3. The molecule has 142 valence electrons. The Morgan fingerprint density at radius 3 is 2.62 bits per heavy atom. The number of Topliss-reactive ketones (excluding diaryl/α,β-unsaturated/α-hetero) is 1. The van der Waals surface area contributed by atoms with E-state index >= 15 is 0 Å². The van der Waals surface area contributed by atoms with Crippen LogP contribution in [0.4, 0.5) is 5.69 Å². The summed E-state index contributed by atoms with van der Waals surface area (Å²) in [4.78, 5) is 13.2. The zero-order valence-electron chi connectivity index (χ0n) is 16.4. The van der Waals surface area contributed by atoms with Gasteiger partial charge in [0.15, 0.2) is 5.78 Å². The lowest BCUT2D eigenvalue weighted by atomic mass is 9.77. The minimum Gasteiger partial charge on any atom is -0.373 e. The molecule has 1 N–H and O–H groups in total. The van der Waals surface area contributed by atoms with E-state index in [2.05, 4.69) is 83.8 Å². The molecule has 1 atom stereocenters. The highest BCUT2D eigenvalue weighted by Crippen LogP contribution is 2.48. The van der Waals surface area contributed by atoms with Gasteiger partial charge >= 0.3 is 0 Å². The Balaban J connectivity index is 1.66. The average molecular weight is 378 g/mol. The zero-order valence-corrected chi connectivity index (χ0v) is 16.4. The Morgan fingerprint density at radius 2 is 1.72 bits per heavy atom. The van der Waals surface area contributed by atoms with Gasteiger partial charge in [0.1, 0.15) is 0 Å². The molecular formula is C26H22N2O. The molecule has 3 aromatic carbocycles. The van der Waals surface area contributed by atoms with Gasteiger partial charge in [-0.3, -0.25) is 4.79 Å². The van der Waals surface area contributed by atoms with Crippen LogP contribution in [0, 0.1) is 0 Å². The lowest BCUT2D eigenvalue weighted by Gasteiger charge is -2.35. The van der Waals surface area contributed by atoms with Crippen LogP contribution in [-0.4, -0.2) is 10.4 Å². The number of anilines is 1. The number of aromatic nitrogens is 1. The molecule has 29 heavy (non-hydrogen) atoms. The molecule has 0 radical (unpaired) electrons. The Hall–Kier alpha value is -3.33. The van der Waals surface area contributed by atoms with Crippen LogP contribution in [0.5, 0.6) is 0 Å². The van der Waals surface area contributed by atoms with E-state index < -0.39 is 0 Å². The molecule has 2 aliphatic rings. The average Bonchev–Trinajstić information content (AvgIpc) is 3.09. The van der Waals surface area contributed by atoms with Crippen LogP contribution >= 0.6 is 0 Å². The summed E-state index contributed by atoms with van der Waals surface area (Å²) < 4.78 is 2.16. The summed E-state index contributed by atoms with van der Waals surface area (Å²) in [5, 5.41) is 7.41. The van der Waals surface area contributed by atoms with Gasteiger partial charge in [-0.1, -0.05) is 48.5 Å². The molecule has 4 aromatic rings.